The lowest BCUT2D eigenvalue weighted by Crippen LogP contribution is -2.53. The number of nitro groups is 1. The predicted octanol–water partition coefficient (Wildman–Crippen LogP) is 4.35. The van der Waals surface area contributed by atoms with Crippen LogP contribution in [0, 0.1) is 10.1 Å². The average molecular weight is 554 g/mol. The van der Waals surface area contributed by atoms with E-state index in [1.54, 1.807) is 30.2 Å². The summed E-state index contributed by atoms with van der Waals surface area (Å²) in [6.07, 6.45) is 1.92. The van der Waals surface area contributed by atoms with E-state index in [0.717, 1.165) is 27.7 Å². The zero-order valence-corrected chi connectivity index (χ0v) is 22.7. The summed E-state index contributed by atoms with van der Waals surface area (Å²) in [5.41, 5.74) is 4.07. The number of carbonyl (C=O) groups is 2. The maximum absolute atomic E-state index is 14.5. The van der Waals surface area contributed by atoms with E-state index in [-0.39, 0.29) is 17.5 Å². The van der Waals surface area contributed by atoms with Crippen LogP contribution in [0.1, 0.15) is 33.4 Å². The van der Waals surface area contributed by atoms with Crippen LogP contribution < -0.4 is 4.90 Å². The van der Waals surface area contributed by atoms with Crippen molar-refractivity contribution in [1.29, 1.82) is 0 Å². The van der Waals surface area contributed by atoms with Gasteiger partial charge in [0.1, 0.15) is 0 Å². The second-order valence-corrected chi connectivity index (χ2v) is 10.4. The highest BCUT2D eigenvalue weighted by atomic mass is 16.6. The standard InChI is InChI=1S/C31H31N5O5/c1-41-19-18-35-29(26-20-32-27-9-5-4-6-23(26)27)28(24-7-2-3-8-25(24)30(35)37)31(38)34-16-14-33(15-17-34)21-10-12-22(13-11-21)36(39)40/h2-13,20,28-29,32H,14-19H2,1H3. The molecule has 1 aromatic heterocycles. The number of hydrogen-bond donors (Lipinski definition) is 1. The van der Waals surface area contributed by atoms with Gasteiger partial charge in [-0.05, 0) is 29.8 Å². The number of aromatic amines is 1. The van der Waals surface area contributed by atoms with Crippen molar-refractivity contribution in [2.24, 2.45) is 0 Å². The number of nitrogens with zero attached hydrogens (tertiary/aromatic N) is 4. The monoisotopic (exact) mass is 553 g/mol. The number of rotatable bonds is 7. The van der Waals surface area contributed by atoms with Crippen molar-refractivity contribution in [1.82, 2.24) is 14.8 Å². The topological polar surface area (TPSA) is 112 Å². The molecule has 3 aromatic carbocycles. The van der Waals surface area contributed by atoms with Crippen molar-refractivity contribution in [2.75, 3.05) is 51.3 Å². The maximum Gasteiger partial charge on any atom is 0.269 e. The fourth-order valence-corrected chi connectivity index (χ4v) is 6.15. The summed E-state index contributed by atoms with van der Waals surface area (Å²) in [4.78, 5) is 48.1. The summed E-state index contributed by atoms with van der Waals surface area (Å²) >= 11 is 0. The molecule has 0 bridgehead atoms. The Labute approximate surface area is 237 Å². The molecular weight excluding hydrogens is 522 g/mol. The largest absolute Gasteiger partial charge is 0.383 e. The number of fused-ring (bicyclic) bond motifs is 2. The number of methoxy groups -OCH3 is 1. The third kappa shape index (κ3) is 4.80. The smallest absolute Gasteiger partial charge is 0.269 e. The fraction of sp³-hybridized carbons (Fsp3) is 0.290. The van der Waals surface area contributed by atoms with Gasteiger partial charge >= 0.3 is 0 Å². The van der Waals surface area contributed by atoms with Gasteiger partial charge in [-0.2, -0.15) is 0 Å². The number of non-ortho nitro benzene ring substituents is 1. The molecule has 2 unspecified atom stereocenters. The molecule has 41 heavy (non-hydrogen) atoms. The number of para-hydroxylation sites is 1. The number of benzene rings is 3. The number of aromatic nitrogens is 1. The summed E-state index contributed by atoms with van der Waals surface area (Å²) < 4.78 is 5.38. The van der Waals surface area contributed by atoms with Crippen LogP contribution in [0.2, 0.25) is 0 Å². The summed E-state index contributed by atoms with van der Waals surface area (Å²) in [7, 11) is 1.61. The van der Waals surface area contributed by atoms with Crippen LogP contribution in [0.5, 0.6) is 0 Å². The van der Waals surface area contributed by atoms with E-state index in [9.17, 15) is 19.7 Å². The molecule has 0 radical (unpaired) electrons. The van der Waals surface area contributed by atoms with Crippen molar-refractivity contribution in [2.45, 2.75) is 12.0 Å². The molecule has 0 spiro atoms. The molecule has 2 amide bonds. The molecule has 6 rings (SSSR count). The highest BCUT2D eigenvalue weighted by Gasteiger charge is 2.46. The van der Waals surface area contributed by atoms with Crippen LogP contribution in [0.4, 0.5) is 11.4 Å². The van der Waals surface area contributed by atoms with Gasteiger partial charge in [-0.15, -0.1) is 0 Å². The molecule has 2 aliphatic heterocycles. The highest BCUT2D eigenvalue weighted by molar-refractivity contribution is 6.02. The van der Waals surface area contributed by atoms with Crippen LogP contribution in [0.15, 0.2) is 79.0 Å². The number of nitrogens with one attached hydrogen (secondary N) is 1. The Morgan fingerprint density at radius 3 is 2.41 bits per heavy atom. The van der Waals surface area contributed by atoms with Gasteiger partial charge in [-0.25, -0.2) is 0 Å². The van der Waals surface area contributed by atoms with E-state index in [1.165, 1.54) is 12.1 Å². The molecule has 1 N–H and O–H groups in total. The number of carbonyl (C=O) groups excluding carboxylic acids is 2. The first-order valence-corrected chi connectivity index (χ1v) is 13.7. The van der Waals surface area contributed by atoms with Crippen LogP contribution in [-0.4, -0.2) is 78.0 Å². The van der Waals surface area contributed by atoms with Gasteiger partial charge in [0.05, 0.1) is 23.5 Å². The third-order valence-corrected chi connectivity index (χ3v) is 8.20. The fourth-order valence-electron chi connectivity index (χ4n) is 6.15. The molecule has 1 fully saturated rings. The van der Waals surface area contributed by atoms with Crippen molar-refractivity contribution in [3.63, 3.8) is 0 Å². The SMILES string of the molecule is COCCN1C(=O)c2ccccc2C(C(=O)N2CCN(c3ccc([N+](=O)[O-])cc3)CC2)C1c1c[nH]c2ccccc12. The maximum atomic E-state index is 14.5. The van der Waals surface area contributed by atoms with E-state index < -0.39 is 16.9 Å². The second kappa shape index (κ2) is 11.1. The lowest BCUT2D eigenvalue weighted by molar-refractivity contribution is -0.384. The minimum Gasteiger partial charge on any atom is -0.383 e. The van der Waals surface area contributed by atoms with E-state index >= 15 is 0 Å². The van der Waals surface area contributed by atoms with E-state index in [2.05, 4.69) is 9.88 Å². The van der Waals surface area contributed by atoms with Crippen LogP contribution >= 0.6 is 0 Å². The first-order valence-electron chi connectivity index (χ1n) is 13.7. The predicted molar refractivity (Wildman–Crippen MR) is 155 cm³/mol. The molecule has 0 aliphatic carbocycles. The van der Waals surface area contributed by atoms with E-state index in [1.807, 2.05) is 53.6 Å². The zero-order valence-electron chi connectivity index (χ0n) is 22.7. The second-order valence-electron chi connectivity index (χ2n) is 10.4. The highest BCUT2D eigenvalue weighted by Crippen LogP contribution is 2.45. The molecule has 2 aliphatic rings. The van der Waals surface area contributed by atoms with Crippen molar-refractivity contribution >= 4 is 34.1 Å². The van der Waals surface area contributed by atoms with E-state index in [4.69, 9.17) is 4.74 Å². The molecule has 10 nitrogen and oxygen atoms in total. The Morgan fingerprint density at radius 1 is 0.976 bits per heavy atom. The van der Waals surface area contributed by atoms with Gasteiger partial charge in [-0.1, -0.05) is 36.4 Å². The van der Waals surface area contributed by atoms with Gasteiger partial charge < -0.3 is 24.4 Å². The molecule has 2 atom stereocenters. The first kappa shape index (κ1) is 26.5. The Bertz CT molecular complexity index is 1590. The quantitative estimate of drug-likeness (QED) is 0.269. The van der Waals surface area contributed by atoms with Crippen LogP contribution in [0.3, 0.4) is 0 Å². The summed E-state index contributed by atoms with van der Waals surface area (Å²) in [5, 5.41) is 12.0. The molecule has 10 heteroatoms. The normalized spacial score (nSPS) is 19.0. The Hall–Kier alpha value is -4.70. The lowest BCUT2D eigenvalue weighted by atomic mass is 9.78. The number of nitro benzene ring substituents is 1. The summed E-state index contributed by atoms with van der Waals surface area (Å²) in [6, 6.07) is 21.3. The summed E-state index contributed by atoms with van der Waals surface area (Å²) in [6.45, 7) is 2.90. The molecule has 3 heterocycles. The molecule has 4 aromatic rings. The number of ether oxygens (including phenoxy) is 1. The van der Waals surface area contributed by atoms with Crippen molar-refractivity contribution in [3.05, 3.63) is 106 Å². The van der Waals surface area contributed by atoms with E-state index in [0.29, 0.717) is 44.9 Å². The minimum absolute atomic E-state index is 0.0222. The Balaban J connectivity index is 1.34. The van der Waals surface area contributed by atoms with Crippen molar-refractivity contribution in [3.8, 4) is 0 Å². The molecular formula is C31H31N5O5. The van der Waals surface area contributed by atoms with Gasteiger partial charge in [0.2, 0.25) is 5.91 Å². The number of piperazine rings is 1. The number of amides is 2. The van der Waals surface area contributed by atoms with Crippen LogP contribution in [0.25, 0.3) is 10.9 Å². The molecule has 0 saturated carbocycles. The zero-order chi connectivity index (χ0) is 28.5. The number of H-pyrrole nitrogens is 1. The number of hydrogen-bond acceptors (Lipinski definition) is 6. The van der Waals surface area contributed by atoms with Gasteiger partial charge in [-0.3, -0.25) is 19.7 Å². The lowest BCUT2D eigenvalue weighted by Gasteiger charge is -2.44. The van der Waals surface area contributed by atoms with Gasteiger partial charge in [0.15, 0.2) is 0 Å². The summed E-state index contributed by atoms with van der Waals surface area (Å²) in [5.74, 6) is -0.725. The average Bonchev–Trinajstić information content (AvgIpc) is 3.44. The number of anilines is 1. The molecule has 1 saturated heterocycles. The van der Waals surface area contributed by atoms with Crippen LogP contribution in [-0.2, 0) is 9.53 Å². The Morgan fingerprint density at radius 2 is 1.68 bits per heavy atom. The van der Waals surface area contributed by atoms with Gasteiger partial charge in [0, 0.05) is 85.9 Å². The minimum atomic E-state index is -0.592. The van der Waals surface area contributed by atoms with Gasteiger partial charge in [0.25, 0.3) is 11.6 Å². The molecule has 210 valence electrons. The first-order chi connectivity index (χ1) is 20.0. The Kier molecular flexibility index (Phi) is 7.15. The third-order valence-electron chi connectivity index (χ3n) is 8.20. The van der Waals surface area contributed by atoms with Crippen molar-refractivity contribution < 1.29 is 19.2 Å².